The molecule has 1 aromatic heterocycles. The average Bonchev–Trinajstić information content (AvgIpc) is 2.94. The third-order valence-electron chi connectivity index (χ3n) is 7.06. The summed E-state index contributed by atoms with van der Waals surface area (Å²) in [7, 11) is -3.56. The fraction of sp³-hybridized carbons (Fsp3) is 0.233. The highest BCUT2D eigenvalue weighted by atomic mass is 32.2. The van der Waals surface area contributed by atoms with E-state index >= 15 is 0 Å². The summed E-state index contributed by atoms with van der Waals surface area (Å²) in [6, 6.07) is 19.1. The van der Waals surface area contributed by atoms with Gasteiger partial charge in [-0.2, -0.15) is 0 Å². The standard InChI is InChI=1S/C30H31N5O4S/c1-2-40(38,39)26-13-11-23-17-22(26)18-33-30(37)28(20-8-6-19(7-9-20)4-3-5-27(36)34-23)35-24-10-12-25-21(16-24)14-15-32-29(25)31/h6-17,28,35H,2-5,18H2,1H3,(H2,31,32)(H,33,37)(H,34,36). The van der Waals surface area contributed by atoms with E-state index in [1.54, 1.807) is 25.3 Å². The number of amides is 2. The van der Waals surface area contributed by atoms with E-state index in [2.05, 4.69) is 20.9 Å². The summed E-state index contributed by atoms with van der Waals surface area (Å²) in [5, 5.41) is 10.8. The van der Waals surface area contributed by atoms with Crippen LogP contribution >= 0.6 is 0 Å². The monoisotopic (exact) mass is 557 g/mol. The van der Waals surface area contributed by atoms with Crippen molar-refractivity contribution in [2.75, 3.05) is 22.1 Å². The molecule has 0 fully saturated rings. The Balaban J connectivity index is 1.51. The number of anilines is 3. The van der Waals surface area contributed by atoms with E-state index in [0.29, 0.717) is 36.3 Å². The van der Waals surface area contributed by atoms with Crippen LogP contribution in [-0.4, -0.2) is 31.0 Å². The van der Waals surface area contributed by atoms with Crippen LogP contribution in [0.5, 0.6) is 0 Å². The van der Waals surface area contributed by atoms with Gasteiger partial charge in [-0.25, -0.2) is 13.4 Å². The number of sulfone groups is 1. The highest BCUT2D eigenvalue weighted by Crippen LogP contribution is 2.27. The highest BCUT2D eigenvalue weighted by Gasteiger charge is 2.23. The van der Waals surface area contributed by atoms with Crippen LogP contribution in [0, 0.1) is 0 Å². The minimum Gasteiger partial charge on any atom is -0.383 e. The summed E-state index contributed by atoms with van der Waals surface area (Å²) in [6.45, 7) is 1.54. The Hall–Kier alpha value is -4.44. The van der Waals surface area contributed by atoms with Crippen molar-refractivity contribution in [3.63, 3.8) is 0 Å². The second-order valence-corrected chi connectivity index (χ2v) is 12.0. The van der Waals surface area contributed by atoms with Crippen molar-refractivity contribution in [3.8, 4) is 0 Å². The Morgan fingerprint density at radius 2 is 1.80 bits per heavy atom. The number of rotatable bonds is 4. The lowest BCUT2D eigenvalue weighted by Gasteiger charge is -2.22. The molecule has 6 rings (SSSR count). The van der Waals surface area contributed by atoms with Crippen LogP contribution in [0.3, 0.4) is 0 Å². The minimum atomic E-state index is -3.56. The summed E-state index contributed by atoms with van der Waals surface area (Å²) >= 11 is 0. The number of nitrogens with one attached hydrogen (secondary N) is 3. The number of aromatic nitrogens is 1. The fourth-order valence-corrected chi connectivity index (χ4v) is 5.97. The van der Waals surface area contributed by atoms with Crippen molar-refractivity contribution < 1.29 is 18.0 Å². The number of benzene rings is 3. The van der Waals surface area contributed by atoms with Gasteiger partial charge in [-0.05, 0) is 77.4 Å². The number of aryl methyl sites for hydroxylation is 1. The van der Waals surface area contributed by atoms with Crippen LogP contribution in [0.1, 0.15) is 42.5 Å². The van der Waals surface area contributed by atoms with Gasteiger partial charge in [0, 0.05) is 35.9 Å². The molecule has 0 radical (unpaired) electrons. The largest absolute Gasteiger partial charge is 0.383 e. The lowest BCUT2D eigenvalue weighted by atomic mass is 10.0. The molecule has 1 atom stereocenters. The van der Waals surface area contributed by atoms with E-state index in [0.717, 1.165) is 27.6 Å². The second kappa shape index (κ2) is 11.4. The molecule has 206 valence electrons. The molecule has 0 aliphatic carbocycles. The number of carbonyl (C=O) groups is 2. The molecule has 2 aliphatic heterocycles. The average molecular weight is 558 g/mol. The molecule has 4 bridgehead atoms. The number of hydrogen-bond donors (Lipinski definition) is 4. The Morgan fingerprint density at radius 1 is 1.00 bits per heavy atom. The molecule has 5 N–H and O–H groups in total. The summed E-state index contributed by atoms with van der Waals surface area (Å²) in [4.78, 5) is 30.5. The van der Waals surface area contributed by atoms with Gasteiger partial charge in [-0.15, -0.1) is 0 Å². The van der Waals surface area contributed by atoms with Gasteiger partial charge in [0.2, 0.25) is 11.8 Å². The molecule has 40 heavy (non-hydrogen) atoms. The molecular weight excluding hydrogens is 526 g/mol. The van der Waals surface area contributed by atoms with Gasteiger partial charge in [0.1, 0.15) is 11.9 Å². The number of nitrogen functional groups attached to an aromatic ring is 1. The first-order chi connectivity index (χ1) is 19.2. The van der Waals surface area contributed by atoms with E-state index in [4.69, 9.17) is 5.73 Å². The number of nitrogens with two attached hydrogens (primary N) is 1. The third kappa shape index (κ3) is 5.91. The number of carbonyl (C=O) groups excluding carboxylic acids is 2. The molecular formula is C30H31N5O4S. The van der Waals surface area contributed by atoms with Gasteiger partial charge in [0.15, 0.2) is 9.84 Å². The van der Waals surface area contributed by atoms with Crippen LogP contribution in [0.4, 0.5) is 17.2 Å². The smallest absolute Gasteiger partial charge is 0.247 e. The van der Waals surface area contributed by atoms with Crippen molar-refractivity contribution >= 4 is 49.6 Å². The zero-order chi connectivity index (χ0) is 28.3. The lowest BCUT2D eigenvalue weighted by Crippen LogP contribution is -2.33. The van der Waals surface area contributed by atoms with Crippen molar-refractivity contribution in [2.45, 2.75) is 43.7 Å². The first-order valence-electron chi connectivity index (χ1n) is 13.2. The maximum Gasteiger partial charge on any atom is 0.247 e. The van der Waals surface area contributed by atoms with E-state index < -0.39 is 15.9 Å². The maximum atomic E-state index is 13.7. The number of pyridine rings is 1. The van der Waals surface area contributed by atoms with Gasteiger partial charge in [-0.1, -0.05) is 31.2 Å². The van der Waals surface area contributed by atoms with Gasteiger partial charge >= 0.3 is 0 Å². The first-order valence-corrected chi connectivity index (χ1v) is 14.8. The van der Waals surface area contributed by atoms with Crippen LogP contribution in [0.2, 0.25) is 0 Å². The van der Waals surface area contributed by atoms with Crippen molar-refractivity contribution in [1.29, 1.82) is 0 Å². The number of nitrogens with zero attached hydrogens (tertiary/aromatic N) is 1. The zero-order valence-electron chi connectivity index (χ0n) is 22.1. The predicted octanol–water partition coefficient (Wildman–Crippen LogP) is 4.36. The highest BCUT2D eigenvalue weighted by molar-refractivity contribution is 7.91. The van der Waals surface area contributed by atoms with Crippen molar-refractivity contribution in [2.24, 2.45) is 0 Å². The molecule has 0 saturated carbocycles. The summed E-state index contributed by atoms with van der Waals surface area (Å²) in [6.07, 6.45) is 3.32. The van der Waals surface area contributed by atoms with E-state index in [-0.39, 0.29) is 29.0 Å². The third-order valence-corrected chi connectivity index (χ3v) is 8.89. The minimum absolute atomic E-state index is 0.0344. The van der Waals surface area contributed by atoms with E-state index in [1.165, 1.54) is 6.07 Å². The van der Waals surface area contributed by atoms with Crippen molar-refractivity contribution in [3.05, 3.63) is 89.6 Å². The Kier molecular flexibility index (Phi) is 7.70. The molecule has 3 heterocycles. The van der Waals surface area contributed by atoms with Crippen LogP contribution in [-0.2, 0) is 32.4 Å². The molecule has 2 amide bonds. The van der Waals surface area contributed by atoms with E-state index in [1.807, 2.05) is 48.5 Å². The van der Waals surface area contributed by atoms with Crippen LogP contribution < -0.4 is 21.7 Å². The van der Waals surface area contributed by atoms with Crippen molar-refractivity contribution in [1.82, 2.24) is 10.3 Å². The Bertz CT molecular complexity index is 1690. The lowest BCUT2D eigenvalue weighted by molar-refractivity contribution is -0.122. The van der Waals surface area contributed by atoms with Crippen LogP contribution in [0.15, 0.2) is 77.8 Å². The first kappa shape index (κ1) is 27.1. The van der Waals surface area contributed by atoms with Gasteiger partial charge in [-0.3, -0.25) is 9.59 Å². The number of fused-ring (bicyclic) bond motifs is 10. The molecule has 9 nitrogen and oxygen atoms in total. The molecule has 4 aromatic rings. The second-order valence-electron chi connectivity index (χ2n) is 9.80. The SMILES string of the molecule is CCS(=O)(=O)c1ccc2cc1CNC(=O)C(Nc1ccc3c(N)nccc3c1)c1ccc(cc1)CCCC(=O)N2. The van der Waals surface area contributed by atoms with E-state index in [9.17, 15) is 18.0 Å². The van der Waals surface area contributed by atoms with Gasteiger partial charge in [0.25, 0.3) is 0 Å². The molecule has 0 spiro atoms. The summed E-state index contributed by atoms with van der Waals surface area (Å²) in [5.41, 5.74) is 9.42. The molecule has 0 saturated heterocycles. The quantitative estimate of drug-likeness (QED) is 0.292. The molecule has 1 unspecified atom stereocenters. The maximum absolute atomic E-state index is 13.7. The summed E-state index contributed by atoms with van der Waals surface area (Å²) in [5.74, 6) is -0.137. The normalized spacial score (nSPS) is 16.4. The Labute approximate surface area is 233 Å². The fourth-order valence-electron chi connectivity index (χ4n) is 4.85. The predicted molar refractivity (Wildman–Crippen MR) is 157 cm³/mol. The topological polar surface area (TPSA) is 143 Å². The molecule has 2 aliphatic rings. The zero-order valence-corrected chi connectivity index (χ0v) is 22.9. The van der Waals surface area contributed by atoms with Gasteiger partial charge < -0.3 is 21.7 Å². The van der Waals surface area contributed by atoms with Gasteiger partial charge in [0.05, 0.1) is 10.6 Å². The Morgan fingerprint density at radius 3 is 2.58 bits per heavy atom. The summed E-state index contributed by atoms with van der Waals surface area (Å²) < 4.78 is 25.6. The molecule has 3 aromatic carbocycles. The molecule has 10 heteroatoms. The van der Waals surface area contributed by atoms with Crippen LogP contribution in [0.25, 0.3) is 10.8 Å². The number of hydrogen-bond acceptors (Lipinski definition) is 7.